The van der Waals surface area contributed by atoms with E-state index in [-0.39, 0.29) is 12.1 Å². The first kappa shape index (κ1) is 15.1. The maximum Gasteiger partial charge on any atom is 0.328 e. The molecule has 4 unspecified atom stereocenters. The number of rotatable bonds is 3. The molecule has 0 radical (unpaired) electrons. The third kappa shape index (κ3) is 3.21. The predicted octanol–water partition coefficient (Wildman–Crippen LogP) is 0.173. The van der Waals surface area contributed by atoms with Crippen molar-refractivity contribution in [2.45, 2.75) is 56.9 Å². The minimum absolute atomic E-state index is 0.0148. The van der Waals surface area contributed by atoms with E-state index in [1.807, 2.05) is 0 Å². The molecule has 2 fully saturated rings. The lowest BCUT2D eigenvalue weighted by atomic mass is 9.90. The zero-order chi connectivity index (χ0) is 14.7. The number of hydrogen-bond donors (Lipinski definition) is 3. The number of nitrogens with one attached hydrogen (secondary N) is 1. The Bertz CT molecular complexity index is 372. The fraction of sp³-hybridized carbons (Fsp3) is 0.846. The van der Waals surface area contributed by atoms with Crippen molar-refractivity contribution in [2.24, 2.45) is 0 Å². The summed E-state index contributed by atoms with van der Waals surface area (Å²) in [5.74, 6) is -1.23. The summed E-state index contributed by atoms with van der Waals surface area (Å²) in [4.78, 5) is 24.9. The monoisotopic (exact) mass is 286 g/mol. The Labute approximate surface area is 117 Å². The van der Waals surface area contributed by atoms with Crippen LogP contribution in [0.1, 0.15) is 32.6 Å². The standard InChI is InChI=1S/C13H22N2O5/c1-8(16)11(12(17)18)14-13(19)15-6-7-20-10-5-3-2-4-9(10)15/h8-11,16H,2-7H2,1H3,(H,14,19)(H,17,18). The highest BCUT2D eigenvalue weighted by Crippen LogP contribution is 2.28. The van der Waals surface area contributed by atoms with Crippen molar-refractivity contribution in [3.63, 3.8) is 0 Å². The number of carboxylic acid groups (broad SMARTS) is 1. The van der Waals surface area contributed by atoms with E-state index >= 15 is 0 Å². The molecule has 2 amide bonds. The largest absolute Gasteiger partial charge is 0.480 e. The van der Waals surface area contributed by atoms with Crippen molar-refractivity contribution in [3.05, 3.63) is 0 Å². The van der Waals surface area contributed by atoms with Crippen molar-refractivity contribution in [3.8, 4) is 0 Å². The predicted molar refractivity (Wildman–Crippen MR) is 70.3 cm³/mol. The zero-order valence-electron chi connectivity index (χ0n) is 11.6. The quantitative estimate of drug-likeness (QED) is 0.687. The minimum Gasteiger partial charge on any atom is -0.480 e. The summed E-state index contributed by atoms with van der Waals surface area (Å²) < 4.78 is 5.67. The van der Waals surface area contributed by atoms with Gasteiger partial charge < -0.3 is 25.2 Å². The molecule has 1 saturated heterocycles. The Morgan fingerprint density at radius 1 is 1.35 bits per heavy atom. The Balaban J connectivity index is 2.01. The number of amides is 2. The van der Waals surface area contributed by atoms with Gasteiger partial charge in [0.2, 0.25) is 0 Å². The van der Waals surface area contributed by atoms with E-state index in [0.717, 1.165) is 25.7 Å². The average Bonchev–Trinajstić information content (AvgIpc) is 2.43. The van der Waals surface area contributed by atoms with Crippen LogP contribution in [-0.2, 0) is 9.53 Å². The van der Waals surface area contributed by atoms with Gasteiger partial charge in [0, 0.05) is 6.54 Å². The fourth-order valence-electron chi connectivity index (χ4n) is 2.95. The lowest BCUT2D eigenvalue weighted by Crippen LogP contribution is -2.60. The molecule has 1 aliphatic carbocycles. The number of urea groups is 1. The van der Waals surface area contributed by atoms with Crippen molar-refractivity contribution in [1.82, 2.24) is 10.2 Å². The zero-order valence-corrected chi connectivity index (χ0v) is 11.6. The lowest BCUT2D eigenvalue weighted by molar-refractivity contribution is -0.142. The van der Waals surface area contributed by atoms with Gasteiger partial charge in [0.15, 0.2) is 6.04 Å². The van der Waals surface area contributed by atoms with E-state index in [9.17, 15) is 14.7 Å². The molecule has 2 rings (SSSR count). The average molecular weight is 286 g/mol. The molecule has 114 valence electrons. The maximum absolute atomic E-state index is 12.3. The molecule has 7 nitrogen and oxygen atoms in total. The van der Waals surface area contributed by atoms with Crippen LogP contribution in [0.15, 0.2) is 0 Å². The molecule has 7 heteroatoms. The number of aliphatic hydroxyl groups excluding tert-OH is 1. The summed E-state index contributed by atoms with van der Waals surface area (Å²) in [5.41, 5.74) is 0. The highest BCUT2D eigenvalue weighted by Gasteiger charge is 2.38. The molecule has 0 aromatic carbocycles. The Hall–Kier alpha value is -1.34. The number of carbonyl (C=O) groups excluding carboxylic acids is 1. The van der Waals surface area contributed by atoms with E-state index in [0.29, 0.717) is 13.2 Å². The van der Waals surface area contributed by atoms with Crippen LogP contribution in [0.2, 0.25) is 0 Å². The molecular weight excluding hydrogens is 264 g/mol. The molecule has 0 spiro atoms. The van der Waals surface area contributed by atoms with Gasteiger partial charge in [-0.1, -0.05) is 12.8 Å². The number of aliphatic hydroxyl groups is 1. The Kier molecular flexibility index (Phi) is 4.82. The van der Waals surface area contributed by atoms with E-state index in [1.165, 1.54) is 6.92 Å². The van der Waals surface area contributed by atoms with Gasteiger partial charge in [0.1, 0.15) is 0 Å². The van der Waals surface area contributed by atoms with Crippen molar-refractivity contribution in [1.29, 1.82) is 0 Å². The second-order valence-corrected chi connectivity index (χ2v) is 5.46. The van der Waals surface area contributed by atoms with Crippen LogP contribution in [0.3, 0.4) is 0 Å². The van der Waals surface area contributed by atoms with Gasteiger partial charge in [-0.05, 0) is 19.8 Å². The van der Waals surface area contributed by atoms with Gasteiger partial charge in [0.25, 0.3) is 0 Å². The highest BCUT2D eigenvalue weighted by molar-refractivity contribution is 5.83. The van der Waals surface area contributed by atoms with Crippen molar-refractivity contribution < 1.29 is 24.5 Å². The second-order valence-electron chi connectivity index (χ2n) is 5.46. The number of carboxylic acids is 1. The van der Waals surface area contributed by atoms with Crippen molar-refractivity contribution in [2.75, 3.05) is 13.2 Å². The van der Waals surface area contributed by atoms with E-state index in [2.05, 4.69) is 5.32 Å². The number of carbonyl (C=O) groups is 2. The molecule has 1 heterocycles. The van der Waals surface area contributed by atoms with Crippen LogP contribution in [0.5, 0.6) is 0 Å². The van der Waals surface area contributed by atoms with Crippen LogP contribution in [0, 0.1) is 0 Å². The van der Waals surface area contributed by atoms with Gasteiger partial charge in [-0.2, -0.15) is 0 Å². The van der Waals surface area contributed by atoms with Gasteiger partial charge in [0.05, 0.1) is 24.9 Å². The summed E-state index contributed by atoms with van der Waals surface area (Å²) in [6.45, 7) is 2.28. The van der Waals surface area contributed by atoms with Crippen molar-refractivity contribution >= 4 is 12.0 Å². The van der Waals surface area contributed by atoms with Crippen LogP contribution in [0.4, 0.5) is 4.79 Å². The van der Waals surface area contributed by atoms with Gasteiger partial charge in [-0.25, -0.2) is 9.59 Å². The molecule has 4 atom stereocenters. The van der Waals surface area contributed by atoms with Crippen LogP contribution >= 0.6 is 0 Å². The molecular formula is C13H22N2O5. The first-order valence-electron chi connectivity index (χ1n) is 7.10. The van der Waals surface area contributed by atoms with Gasteiger partial charge >= 0.3 is 12.0 Å². The van der Waals surface area contributed by atoms with Crippen LogP contribution < -0.4 is 5.32 Å². The van der Waals surface area contributed by atoms with Gasteiger partial charge in [-0.3, -0.25) is 0 Å². The number of morpholine rings is 1. The topological polar surface area (TPSA) is 99.1 Å². The maximum atomic E-state index is 12.3. The first-order valence-corrected chi connectivity index (χ1v) is 7.10. The summed E-state index contributed by atoms with van der Waals surface area (Å²) in [6, 6.07) is -1.70. The van der Waals surface area contributed by atoms with E-state index in [4.69, 9.17) is 9.84 Å². The molecule has 0 aromatic rings. The number of fused-ring (bicyclic) bond motifs is 1. The molecule has 20 heavy (non-hydrogen) atoms. The number of hydrogen-bond acceptors (Lipinski definition) is 4. The number of ether oxygens (including phenoxy) is 1. The second kappa shape index (κ2) is 6.41. The summed E-state index contributed by atoms with van der Waals surface area (Å²) in [7, 11) is 0. The molecule has 1 aliphatic heterocycles. The number of aliphatic carboxylic acids is 1. The van der Waals surface area contributed by atoms with E-state index < -0.39 is 24.1 Å². The first-order chi connectivity index (χ1) is 9.50. The van der Waals surface area contributed by atoms with E-state index in [1.54, 1.807) is 4.90 Å². The molecule has 2 aliphatic rings. The summed E-state index contributed by atoms with van der Waals surface area (Å²) >= 11 is 0. The third-order valence-electron chi connectivity index (χ3n) is 4.02. The highest BCUT2D eigenvalue weighted by atomic mass is 16.5. The minimum atomic E-state index is -1.28. The molecule has 0 aromatic heterocycles. The Morgan fingerprint density at radius 2 is 2.05 bits per heavy atom. The summed E-state index contributed by atoms with van der Waals surface area (Å²) in [5, 5.41) is 20.8. The fourth-order valence-corrected chi connectivity index (χ4v) is 2.95. The molecule has 0 bridgehead atoms. The molecule has 1 saturated carbocycles. The van der Waals surface area contributed by atoms with Crippen LogP contribution in [-0.4, -0.2) is 64.6 Å². The molecule has 3 N–H and O–H groups in total. The Morgan fingerprint density at radius 3 is 2.70 bits per heavy atom. The smallest absolute Gasteiger partial charge is 0.328 e. The lowest BCUT2D eigenvalue weighted by Gasteiger charge is -2.44. The van der Waals surface area contributed by atoms with Gasteiger partial charge in [-0.15, -0.1) is 0 Å². The number of nitrogens with zero attached hydrogens (tertiary/aromatic N) is 1. The van der Waals surface area contributed by atoms with Crippen LogP contribution in [0.25, 0.3) is 0 Å². The summed E-state index contributed by atoms with van der Waals surface area (Å²) in [6.07, 6.45) is 2.88. The third-order valence-corrected chi connectivity index (χ3v) is 4.02. The normalized spacial score (nSPS) is 29.2. The SMILES string of the molecule is CC(O)C(NC(=O)N1CCOC2CCCCC21)C(=O)O.